The van der Waals surface area contributed by atoms with Crippen LogP contribution >= 0.6 is 0 Å². The monoisotopic (exact) mass is 124 g/mol. The van der Waals surface area contributed by atoms with Gasteiger partial charge in [0.05, 0.1) is 5.76 Å². The van der Waals surface area contributed by atoms with E-state index in [1.807, 2.05) is 19.1 Å². The van der Waals surface area contributed by atoms with E-state index in [0.29, 0.717) is 11.7 Å². The summed E-state index contributed by atoms with van der Waals surface area (Å²) in [5.41, 5.74) is 0. The summed E-state index contributed by atoms with van der Waals surface area (Å²) in [7, 11) is 0. The largest absolute Gasteiger partial charge is 0.513 e. The van der Waals surface area contributed by atoms with Crippen molar-refractivity contribution in [2.75, 3.05) is 0 Å². The lowest BCUT2D eigenvalue weighted by Gasteiger charge is -1.98. The predicted octanol–water partition coefficient (Wildman–Crippen LogP) is 2.41. The van der Waals surface area contributed by atoms with Crippen LogP contribution in [0.4, 0.5) is 0 Å². The van der Waals surface area contributed by atoms with E-state index in [4.69, 9.17) is 5.11 Å². The lowest BCUT2D eigenvalue weighted by atomic mass is 10.1. The van der Waals surface area contributed by atoms with Gasteiger partial charge < -0.3 is 5.11 Å². The highest BCUT2D eigenvalue weighted by Gasteiger charge is 2.11. The fourth-order valence-electron chi connectivity index (χ4n) is 1.14. The zero-order chi connectivity index (χ0) is 6.69. The fraction of sp³-hybridized carbons (Fsp3) is 0.500. The average Bonchev–Trinajstić information content (AvgIpc) is 2.17. The summed E-state index contributed by atoms with van der Waals surface area (Å²) in [5.74, 6) is 1.12. The van der Waals surface area contributed by atoms with Crippen LogP contribution in [0.5, 0.6) is 0 Å². The van der Waals surface area contributed by atoms with Crippen LogP contribution in [0.2, 0.25) is 0 Å². The van der Waals surface area contributed by atoms with Gasteiger partial charge in [-0.1, -0.05) is 12.2 Å². The predicted molar refractivity (Wildman–Crippen MR) is 38.2 cm³/mol. The van der Waals surface area contributed by atoms with Crippen molar-refractivity contribution in [2.45, 2.75) is 19.8 Å². The number of hydrogen-bond donors (Lipinski definition) is 1. The highest BCUT2D eigenvalue weighted by Crippen LogP contribution is 2.23. The fourth-order valence-corrected chi connectivity index (χ4v) is 1.14. The molecule has 1 unspecified atom stereocenters. The van der Waals surface area contributed by atoms with E-state index in [0.717, 1.165) is 12.8 Å². The summed E-state index contributed by atoms with van der Waals surface area (Å²) in [6, 6.07) is 0. The van der Waals surface area contributed by atoms with E-state index >= 15 is 0 Å². The van der Waals surface area contributed by atoms with Crippen LogP contribution in [0.25, 0.3) is 0 Å². The van der Waals surface area contributed by atoms with Crippen molar-refractivity contribution in [1.29, 1.82) is 0 Å². The summed E-state index contributed by atoms with van der Waals surface area (Å²) in [6.07, 6.45) is 7.92. The molecule has 0 aliphatic heterocycles. The molecule has 1 heteroatoms. The molecule has 1 N–H and O–H groups in total. The second-order valence-corrected chi connectivity index (χ2v) is 2.42. The zero-order valence-corrected chi connectivity index (χ0v) is 5.67. The molecule has 1 aliphatic carbocycles. The number of rotatable bonds is 1. The number of aliphatic hydroxyl groups is 1. The lowest BCUT2D eigenvalue weighted by molar-refractivity contribution is 0.387. The zero-order valence-electron chi connectivity index (χ0n) is 5.67. The first-order valence-electron chi connectivity index (χ1n) is 3.33. The summed E-state index contributed by atoms with van der Waals surface area (Å²) >= 11 is 0. The van der Waals surface area contributed by atoms with Crippen molar-refractivity contribution in [3.05, 3.63) is 24.0 Å². The summed E-state index contributed by atoms with van der Waals surface area (Å²) in [5, 5.41) is 8.95. The Morgan fingerprint density at radius 3 is 3.00 bits per heavy atom. The lowest BCUT2D eigenvalue weighted by Crippen LogP contribution is -1.87. The van der Waals surface area contributed by atoms with Gasteiger partial charge in [0.2, 0.25) is 0 Å². The smallest absolute Gasteiger partial charge is 0.0889 e. The van der Waals surface area contributed by atoms with Gasteiger partial charge in [-0.15, -0.1) is 0 Å². The first-order chi connectivity index (χ1) is 4.33. The third kappa shape index (κ3) is 1.60. The molecule has 0 bridgehead atoms. The molecule has 0 radical (unpaired) electrons. The Morgan fingerprint density at radius 2 is 2.56 bits per heavy atom. The van der Waals surface area contributed by atoms with Gasteiger partial charge in [-0.25, -0.2) is 0 Å². The molecule has 0 amide bonds. The Hall–Kier alpha value is -0.720. The third-order valence-electron chi connectivity index (χ3n) is 1.59. The minimum absolute atomic E-state index is 0.554. The molecule has 50 valence electrons. The molecule has 0 heterocycles. The van der Waals surface area contributed by atoms with Crippen molar-refractivity contribution in [1.82, 2.24) is 0 Å². The number of hydrogen-bond acceptors (Lipinski definition) is 1. The molecule has 1 aliphatic rings. The van der Waals surface area contributed by atoms with E-state index in [1.54, 1.807) is 0 Å². The maximum absolute atomic E-state index is 8.95. The molecule has 1 atom stereocenters. The Labute approximate surface area is 55.7 Å². The van der Waals surface area contributed by atoms with Crippen LogP contribution in [0, 0.1) is 5.92 Å². The van der Waals surface area contributed by atoms with Crippen molar-refractivity contribution in [3.8, 4) is 0 Å². The van der Waals surface area contributed by atoms with E-state index in [1.165, 1.54) is 0 Å². The van der Waals surface area contributed by atoms with Crippen LogP contribution in [-0.2, 0) is 0 Å². The molecule has 0 saturated carbocycles. The maximum atomic E-state index is 8.95. The molecule has 0 aromatic rings. The van der Waals surface area contributed by atoms with Gasteiger partial charge >= 0.3 is 0 Å². The maximum Gasteiger partial charge on any atom is 0.0889 e. The van der Waals surface area contributed by atoms with E-state index < -0.39 is 0 Å². The van der Waals surface area contributed by atoms with Crippen LogP contribution < -0.4 is 0 Å². The molecular formula is C8H12O. The van der Waals surface area contributed by atoms with E-state index in [-0.39, 0.29) is 0 Å². The van der Waals surface area contributed by atoms with Gasteiger partial charge in [0, 0.05) is 6.42 Å². The van der Waals surface area contributed by atoms with Crippen LogP contribution in [0.15, 0.2) is 24.0 Å². The summed E-state index contributed by atoms with van der Waals surface area (Å²) in [4.78, 5) is 0. The molecule has 0 spiro atoms. The highest BCUT2D eigenvalue weighted by molar-refractivity contribution is 5.06. The average molecular weight is 124 g/mol. The topological polar surface area (TPSA) is 20.2 Å². The SMILES string of the molecule is C/C=C\C1CC=C(O)C1. The Kier molecular flexibility index (Phi) is 1.93. The molecule has 1 rings (SSSR count). The van der Waals surface area contributed by atoms with Crippen molar-refractivity contribution < 1.29 is 5.11 Å². The summed E-state index contributed by atoms with van der Waals surface area (Å²) in [6.45, 7) is 2.01. The molecule has 1 nitrogen and oxygen atoms in total. The second kappa shape index (κ2) is 2.72. The quantitative estimate of drug-likeness (QED) is 0.532. The molecular weight excluding hydrogens is 112 g/mol. The number of aliphatic hydroxyl groups excluding tert-OH is 1. The van der Waals surface area contributed by atoms with Gasteiger partial charge in [-0.2, -0.15) is 0 Å². The molecule has 0 saturated heterocycles. The van der Waals surface area contributed by atoms with Crippen molar-refractivity contribution in [3.63, 3.8) is 0 Å². The van der Waals surface area contributed by atoms with Crippen LogP contribution in [0.3, 0.4) is 0 Å². The Bertz CT molecular complexity index is 145. The second-order valence-electron chi connectivity index (χ2n) is 2.42. The highest BCUT2D eigenvalue weighted by atomic mass is 16.3. The van der Waals surface area contributed by atoms with E-state index in [9.17, 15) is 0 Å². The van der Waals surface area contributed by atoms with Gasteiger partial charge in [-0.05, 0) is 25.3 Å². The standard InChI is InChI=1S/C8H12O/c1-2-3-7-4-5-8(9)6-7/h2-3,5,7,9H,4,6H2,1H3/b3-2-. The number of allylic oxidation sites excluding steroid dienone is 4. The first-order valence-corrected chi connectivity index (χ1v) is 3.33. The van der Waals surface area contributed by atoms with Crippen molar-refractivity contribution in [2.24, 2.45) is 5.92 Å². The Balaban J connectivity index is 2.37. The third-order valence-corrected chi connectivity index (χ3v) is 1.59. The van der Waals surface area contributed by atoms with E-state index in [2.05, 4.69) is 6.08 Å². The van der Waals surface area contributed by atoms with Crippen LogP contribution in [-0.4, -0.2) is 5.11 Å². The van der Waals surface area contributed by atoms with Gasteiger partial charge in [0.25, 0.3) is 0 Å². The van der Waals surface area contributed by atoms with Gasteiger partial charge in [-0.3, -0.25) is 0 Å². The van der Waals surface area contributed by atoms with Gasteiger partial charge in [0.1, 0.15) is 0 Å². The minimum atomic E-state index is 0.554. The molecule has 0 aromatic carbocycles. The molecule has 0 fully saturated rings. The van der Waals surface area contributed by atoms with Crippen LogP contribution in [0.1, 0.15) is 19.8 Å². The normalized spacial score (nSPS) is 27.2. The molecule has 9 heavy (non-hydrogen) atoms. The first kappa shape index (κ1) is 6.40. The van der Waals surface area contributed by atoms with Gasteiger partial charge in [0.15, 0.2) is 0 Å². The van der Waals surface area contributed by atoms with Crippen molar-refractivity contribution >= 4 is 0 Å². The summed E-state index contributed by atoms with van der Waals surface area (Å²) < 4.78 is 0. The molecule has 0 aromatic heterocycles. The Morgan fingerprint density at radius 1 is 1.78 bits per heavy atom. The minimum Gasteiger partial charge on any atom is -0.513 e.